The third kappa shape index (κ3) is 2.09. The molecule has 12 heavy (non-hydrogen) atoms. The molecule has 3 unspecified atom stereocenters. The lowest BCUT2D eigenvalue weighted by atomic mass is 10.2. The summed E-state index contributed by atoms with van der Waals surface area (Å²) < 4.78 is 0. The lowest BCUT2D eigenvalue weighted by Gasteiger charge is -2.20. The maximum absolute atomic E-state index is 6.19. The predicted molar refractivity (Wildman–Crippen MR) is 56.1 cm³/mol. The molecule has 2 fully saturated rings. The zero-order valence-corrected chi connectivity index (χ0v) is 8.83. The number of hydrogen-bond donors (Lipinski definition) is 1. The van der Waals surface area contributed by atoms with Crippen LogP contribution < -0.4 is 5.32 Å². The molecule has 1 heterocycles. The summed E-state index contributed by atoms with van der Waals surface area (Å²) in [5.74, 6) is 2.62. The van der Waals surface area contributed by atoms with Crippen LogP contribution in [-0.4, -0.2) is 29.0 Å². The Morgan fingerprint density at radius 3 is 2.75 bits per heavy atom. The van der Waals surface area contributed by atoms with E-state index in [1.165, 1.54) is 37.2 Å². The Labute approximate surface area is 83.6 Å². The molecular weight excluding hydrogens is 190 g/mol. The third-order valence-electron chi connectivity index (χ3n) is 2.81. The molecule has 0 aromatic rings. The van der Waals surface area contributed by atoms with Crippen LogP contribution >= 0.6 is 23.4 Å². The lowest BCUT2D eigenvalue weighted by molar-refractivity contribution is 0.459. The van der Waals surface area contributed by atoms with E-state index in [9.17, 15) is 0 Å². The average molecular weight is 206 g/mol. The van der Waals surface area contributed by atoms with Crippen LogP contribution in [0.1, 0.15) is 25.7 Å². The van der Waals surface area contributed by atoms with Gasteiger partial charge in [-0.3, -0.25) is 0 Å². The minimum Gasteiger partial charge on any atom is -0.309 e. The fraction of sp³-hybridized carbons (Fsp3) is 1.00. The Balaban J connectivity index is 1.77. The first-order valence-corrected chi connectivity index (χ1v) is 6.43. The molecular formula is C9H16ClNS. The quantitative estimate of drug-likeness (QED) is 0.695. The van der Waals surface area contributed by atoms with Crippen LogP contribution in [0.2, 0.25) is 0 Å². The first-order chi connectivity index (χ1) is 5.86. The molecule has 0 bridgehead atoms. The number of alkyl halides is 1. The Bertz CT molecular complexity index is 147. The predicted octanol–water partition coefficient (Wildman–Crippen LogP) is 2.24. The van der Waals surface area contributed by atoms with E-state index in [0.29, 0.717) is 11.4 Å². The van der Waals surface area contributed by atoms with Crippen molar-refractivity contribution in [3.8, 4) is 0 Å². The molecule has 0 aromatic carbocycles. The first kappa shape index (κ1) is 9.17. The van der Waals surface area contributed by atoms with Crippen molar-refractivity contribution in [3.05, 3.63) is 0 Å². The summed E-state index contributed by atoms with van der Waals surface area (Å²) in [5.41, 5.74) is 0. The van der Waals surface area contributed by atoms with Gasteiger partial charge in [-0.2, -0.15) is 11.8 Å². The fourth-order valence-electron chi connectivity index (χ4n) is 2.07. The SMILES string of the molecule is ClC1CCCC1NC1CCSC1. The van der Waals surface area contributed by atoms with E-state index in [1.807, 2.05) is 0 Å². The highest BCUT2D eigenvalue weighted by molar-refractivity contribution is 7.99. The number of rotatable bonds is 2. The molecule has 0 spiro atoms. The van der Waals surface area contributed by atoms with E-state index in [4.69, 9.17) is 11.6 Å². The average Bonchev–Trinajstić information content (AvgIpc) is 2.65. The Morgan fingerprint density at radius 1 is 1.25 bits per heavy atom. The van der Waals surface area contributed by atoms with Gasteiger partial charge in [-0.15, -0.1) is 11.6 Å². The molecule has 1 saturated carbocycles. The van der Waals surface area contributed by atoms with Gasteiger partial charge in [0.1, 0.15) is 0 Å². The first-order valence-electron chi connectivity index (χ1n) is 4.84. The highest BCUT2D eigenvalue weighted by Gasteiger charge is 2.28. The number of thioether (sulfide) groups is 1. The van der Waals surface area contributed by atoms with Gasteiger partial charge >= 0.3 is 0 Å². The summed E-state index contributed by atoms with van der Waals surface area (Å²) in [6.07, 6.45) is 5.14. The summed E-state index contributed by atoms with van der Waals surface area (Å²) in [6, 6.07) is 1.36. The van der Waals surface area contributed by atoms with Gasteiger partial charge < -0.3 is 5.32 Å². The second-order valence-electron chi connectivity index (χ2n) is 3.78. The van der Waals surface area contributed by atoms with Crippen molar-refractivity contribution in [2.45, 2.75) is 43.1 Å². The van der Waals surface area contributed by atoms with Gasteiger partial charge in [0.15, 0.2) is 0 Å². The van der Waals surface area contributed by atoms with Crippen LogP contribution in [-0.2, 0) is 0 Å². The number of halogens is 1. The van der Waals surface area contributed by atoms with Crippen LogP contribution in [0, 0.1) is 0 Å². The minimum atomic E-state index is 0.399. The minimum absolute atomic E-state index is 0.399. The van der Waals surface area contributed by atoms with Crippen molar-refractivity contribution >= 4 is 23.4 Å². The van der Waals surface area contributed by atoms with Crippen LogP contribution in [0.3, 0.4) is 0 Å². The van der Waals surface area contributed by atoms with E-state index in [-0.39, 0.29) is 0 Å². The molecule has 2 rings (SSSR count). The van der Waals surface area contributed by atoms with E-state index in [2.05, 4.69) is 17.1 Å². The van der Waals surface area contributed by atoms with E-state index in [1.54, 1.807) is 0 Å². The summed E-state index contributed by atoms with van der Waals surface area (Å²) in [5, 5.41) is 4.07. The maximum atomic E-state index is 6.19. The second-order valence-corrected chi connectivity index (χ2v) is 5.49. The van der Waals surface area contributed by atoms with Crippen molar-refractivity contribution in [1.29, 1.82) is 0 Å². The molecule has 70 valence electrons. The molecule has 1 N–H and O–H groups in total. The van der Waals surface area contributed by atoms with Gasteiger partial charge in [-0.1, -0.05) is 6.42 Å². The van der Waals surface area contributed by atoms with Gasteiger partial charge in [0.05, 0.1) is 0 Å². The van der Waals surface area contributed by atoms with Crippen LogP contribution in [0.4, 0.5) is 0 Å². The Morgan fingerprint density at radius 2 is 2.17 bits per heavy atom. The smallest absolute Gasteiger partial charge is 0.0489 e. The van der Waals surface area contributed by atoms with Crippen LogP contribution in [0.15, 0.2) is 0 Å². The normalized spacial score (nSPS) is 42.2. The molecule has 0 amide bonds. The lowest BCUT2D eigenvalue weighted by Crippen LogP contribution is -2.40. The van der Waals surface area contributed by atoms with Crippen LogP contribution in [0.25, 0.3) is 0 Å². The van der Waals surface area contributed by atoms with E-state index >= 15 is 0 Å². The number of nitrogens with one attached hydrogen (secondary N) is 1. The standard InChI is InChI=1S/C9H16ClNS/c10-8-2-1-3-9(8)11-7-4-5-12-6-7/h7-9,11H,1-6H2. The van der Waals surface area contributed by atoms with Crippen molar-refractivity contribution in [2.75, 3.05) is 11.5 Å². The van der Waals surface area contributed by atoms with Crippen molar-refractivity contribution in [3.63, 3.8) is 0 Å². The van der Waals surface area contributed by atoms with Gasteiger partial charge in [0, 0.05) is 23.2 Å². The van der Waals surface area contributed by atoms with Crippen molar-refractivity contribution in [2.24, 2.45) is 0 Å². The third-order valence-corrected chi connectivity index (χ3v) is 4.50. The summed E-state index contributed by atoms with van der Waals surface area (Å²) in [4.78, 5) is 0. The zero-order valence-electron chi connectivity index (χ0n) is 7.26. The summed E-state index contributed by atoms with van der Waals surface area (Å²) in [7, 11) is 0. The van der Waals surface area contributed by atoms with Crippen LogP contribution in [0.5, 0.6) is 0 Å². The van der Waals surface area contributed by atoms with Crippen molar-refractivity contribution < 1.29 is 0 Å². The zero-order chi connectivity index (χ0) is 8.39. The summed E-state index contributed by atoms with van der Waals surface area (Å²) >= 11 is 8.25. The number of hydrogen-bond acceptors (Lipinski definition) is 2. The Hall–Kier alpha value is 0.600. The largest absolute Gasteiger partial charge is 0.309 e. The molecule has 0 aromatic heterocycles. The van der Waals surface area contributed by atoms with Gasteiger partial charge in [-0.05, 0) is 25.0 Å². The molecule has 3 atom stereocenters. The monoisotopic (exact) mass is 205 g/mol. The molecule has 1 aliphatic heterocycles. The van der Waals surface area contributed by atoms with Gasteiger partial charge in [0.25, 0.3) is 0 Å². The fourth-order valence-corrected chi connectivity index (χ4v) is 3.59. The van der Waals surface area contributed by atoms with E-state index in [0.717, 1.165) is 6.04 Å². The van der Waals surface area contributed by atoms with Gasteiger partial charge in [0.2, 0.25) is 0 Å². The molecule has 0 radical (unpaired) electrons. The highest BCUT2D eigenvalue weighted by Crippen LogP contribution is 2.26. The second kappa shape index (κ2) is 4.21. The topological polar surface area (TPSA) is 12.0 Å². The Kier molecular flexibility index (Phi) is 3.21. The summed E-state index contributed by atoms with van der Waals surface area (Å²) in [6.45, 7) is 0. The molecule has 1 saturated heterocycles. The molecule has 1 nitrogen and oxygen atoms in total. The molecule has 2 aliphatic rings. The van der Waals surface area contributed by atoms with E-state index < -0.39 is 0 Å². The van der Waals surface area contributed by atoms with Crippen molar-refractivity contribution in [1.82, 2.24) is 5.32 Å². The molecule has 3 heteroatoms. The molecule has 1 aliphatic carbocycles. The maximum Gasteiger partial charge on any atom is 0.0489 e. The van der Waals surface area contributed by atoms with Gasteiger partial charge in [-0.25, -0.2) is 0 Å². The highest BCUT2D eigenvalue weighted by atomic mass is 35.5.